The van der Waals surface area contributed by atoms with E-state index in [0.717, 1.165) is 31.9 Å². The molecule has 1 saturated heterocycles. The summed E-state index contributed by atoms with van der Waals surface area (Å²) < 4.78 is 0. The van der Waals surface area contributed by atoms with Crippen LogP contribution in [0.2, 0.25) is 0 Å². The van der Waals surface area contributed by atoms with Gasteiger partial charge in [-0.2, -0.15) is 0 Å². The summed E-state index contributed by atoms with van der Waals surface area (Å²) in [4.78, 5) is 16.3. The number of anilines is 2. The van der Waals surface area contributed by atoms with Crippen molar-refractivity contribution in [1.29, 1.82) is 0 Å². The van der Waals surface area contributed by atoms with Gasteiger partial charge in [-0.15, -0.1) is 0 Å². The van der Waals surface area contributed by atoms with Crippen LogP contribution in [0.5, 0.6) is 0 Å². The van der Waals surface area contributed by atoms with Gasteiger partial charge in [-0.25, -0.2) is 0 Å². The van der Waals surface area contributed by atoms with E-state index in [2.05, 4.69) is 23.6 Å². The van der Waals surface area contributed by atoms with Crippen LogP contribution >= 0.6 is 0 Å². The molecule has 1 unspecified atom stereocenters. The standard InChI is InChI=1S/C16H25N3O/c1-4-12(2)18-7-9-19(10-8-18)14-5-6-15(13(3)20)16(17)11-14/h5-6,11-12H,4,7-10,17H2,1-3H3. The fourth-order valence-electron chi connectivity index (χ4n) is 2.75. The van der Waals surface area contributed by atoms with E-state index in [9.17, 15) is 4.79 Å². The highest BCUT2D eigenvalue weighted by Crippen LogP contribution is 2.23. The predicted molar refractivity (Wildman–Crippen MR) is 84.4 cm³/mol. The molecule has 110 valence electrons. The number of hydrogen-bond acceptors (Lipinski definition) is 4. The molecule has 1 aliphatic heterocycles. The molecule has 0 spiro atoms. The summed E-state index contributed by atoms with van der Waals surface area (Å²) in [5, 5.41) is 0. The lowest BCUT2D eigenvalue weighted by molar-refractivity contribution is 0.101. The van der Waals surface area contributed by atoms with Crippen LogP contribution in [0, 0.1) is 0 Å². The number of hydrogen-bond donors (Lipinski definition) is 1. The van der Waals surface area contributed by atoms with Crippen LogP contribution in [0.4, 0.5) is 11.4 Å². The molecule has 1 aliphatic rings. The van der Waals surface area contributed by atoms with E-state index in [1.165, 1.54) is 6.42 Å². The Balaban J connectivity index is 2.04. The average Bonchev–Trinajstić information content (AvgIpc) is 2.46. The van der Waals surface area contributed by atoms with Crippen molar-refractivity contribution >= 4 is 17.2 Å². The van der Waals surface area contributed by atoms with Crippen molar-refractivity contribution in [2.24, 2.45) is 0 Å². The minimum absolute atomic E-state index is 0.0237. The van der Waals surface area contributed by atoms with E-state index in [1.807, 2.05) is 18.2 Å². The largest absolute Gasteiger partial charge is 0.398 e. The van der Waals surface area contributed by atoms with Crippen LogP contribution < -0.4 is 10.6 Å². The Morgan fingerprint density at radius 2 is 1.95 bits per heavy atom. The molecule has 1 atom stereocenters. The molecule has 0 saturated carbocycles. The number of nitrogens with zero attached hydrogens (tertiary/aromatic N) is 2. The Labute approximate surface area is 121 Å². The zero-order chi connectivity index (χ0) is 14.7. The third kappa shape index (κ3) is 3.12. The summed E-state index contributed by atoms with van der Waals surface area (Å²) in [6, 6.07) is 6.43. The van der Waals surface area contributed by atoms with Gasteiger partial charge in [0, 0.05) is 49.2 Å². The molecule has 4 heteroatoms. The highest BCUT2D eigenvalue weighted by Gasteiger charge is 2.20. The number of Topliss-reactive ketones (excluding diaryl/α,β-unsaturated/α-hetero) is 1. The number of rotatable bonds is 4. The molecule has 1 aromatic carbocycles. The Morgan fingerprint density at radius 3 is 2.45 bits per heavy atom. The summed E-state index contributed by atoms with van der Waals surface area (Å²) in [7, 11) is 0. The van der Waals surface area contributed by atoms with Gasteiger partial charge in [0.05, 0.1) is 0 Å². The summed E-state index contributed by atoms with van der Waals surface area (Å²) in [5.41, 5.74) is 8.29. The number of nitrogen functional groups attached to an aromatic ring is 1. The van der Waals surface area contributed by atoms with E-state index in [0.29, 0.717) is 17.3 Å². The zero-order valence-corrected chi connectivity index (χ0v) is 12.7. The Bertz CT molecular complexity index is 479. The van der Waals surface area contributed by atoms with Crippen molar-refractivity contribution in [3.8, 4) is 0 Å². The summed E-state index contributed by atoms with van der Waals surface area (Å²) >= 11 is 0. The zero-order valence-electron chi connectivity index (χ0n) is 12.7. The first kappa shape index (κ1) is 14.9. The number of ketones is 1. The van der Waals surface area contributed by atoms with Crippen molar-refractivity contribution in [1.82, 2.24) is 4.90 Å². The first-order valence-electron chi connectivity index (χ1n) is 7.42. The van der Waals surface area contributed by atoms with Crippen LogP contribution in [-0.4, -0.2) is 42.9 Å². The first-order valence-corrected chi connectivity index (χ1v) is 7.42. The van der Waals surface area contributed by atoms with Gasteiger partial charge in [0.25, 0.3) is 0 Å². The second-order valence-corrected chi connectivity index (χ2v) is 5.61. The molecule has 0 aromatic heterocycles. The Morgan fingerprint density at radius 1 is 1.30 bits per heavy atom. The third-order valence-corrected chi connectivity index (χ3v) is 4.31. The van der Waals surface area contributed by atoms with Gasteiger partial charge in [-0.1, -0.05) is 6.92 Å². The maximum Gasteiger partial charge on any atom is 0.161 e. The molecular formula is C16H25N3O. The molecule has 0 aliphatic carbocycles. The fraction of sp³-hybridized carbons (Fsp3) is 0.562. The van der Waals surface area contributed by atoms with Gasteiger partial charge in [0.1, 0.15) is 0 Å². The summed E-state index contributed by atoms with van der Waals surface area (Å²) in [6.45, 7) is 10.3. The van der Waals surface area contributed by atoms with Crippen molar-refractivity contribution in [2.75, 3.05) is 36.8 Å². The molecule has 0 bridgehead atoms. The number of piperazine rings is 1. The monoisotopic (exact) mass is 275 g/mol. The Hall–Kier alpha value is -1.55. The average molecular weight is 275 g/mol. The van der Waals surface area contributed by atoms with Crippen molar-refractivity contribution in [3.05, 3.63) is 23.8 Å². The van der Waals surface area contributed by atoms with Crippen LogP contribution in [0.3, 0.4) is 0 Å². The summed E-state index contributed by atoms with van der Waals surface area (Å²) in [6.07, 6.45) is 1.19. The van der Waals surface area contributed by atoms with E-state index < -0.39 is 0 Å². The van der Waals surface area contributed by atoms with E-state index >= 15 is 0 Å². The van der Waals surface area contributed by atoms with Gasteiger partial charge in [0.15, 0.2) is 5.78 Å². The normalized spacial score (nSPS) is 18.1. The lowest BCUT2D eigenvalue weighted by atomic mass is 10.1. The van der Waals surface area contributed by atoms with Crippen LogP contribution in [0.25, 0.3) is 0 Å². The fourth-order valence-corrected chi connectivity index (χ4v) is 2.75. The maximum absolute atomic E-state index is 11.4. The molecule has 2 N–H and O–H groups in total. The molecule has 1 heterocycles. The number of nitrogens with two attached hydrogens (primary N) is 1. The lowest BCUT2D eigenvalue weighted by Crippen LogP contribution is -2.49. The van der Waals surface area contributed by atoms with Gasteiger partial charge >= 0.3 is 0 Å². The highest BCUT2D eigenvalue weighted by molar-refractivity contribution is 5.99. The predicted octanol–water partition coefficient (Wildman–Crippen LogP) is 2.39. The van der Waals surface area contributed by atoms with Gasteiger partial charge in [-0.05, 0) is 38.5 Å². The van der Waals surface area contributed by atoms with Crippen molar-refractivity contribution in [2.45, 2.75) is 33.2 Å². The van der Waals surface area contributed by atoms with Crippen molar-refractivity contribution < 1.29 is 4.79 Å². The number of benzene rings is 1. The molecule has 4 nitrogen and oxygen atoms in total. The molecule has 0 amide bonds. The molecule has 2 rings (SSSR count). The summed E-state index contributed by atoms with van der Waals surface area (Å²) in [5.74, 6) is 0.0237. The van der Waals surface area contributed by atoms with Gasteiger partial charge in [-0.3, -0.25) is 9.69 Å². The van der Waals surface area contributed by atoms with Crippen LogP contribution in [0.15, 0.2) is 18.2 Å². The topological polar surface area (TPSA) is 49.6 Å². The minimum Gasteiger partial charge on any atom is -0.398 e. The molecule has 20 heavy (non-hydrogen) atoms. The third-order valence-electron chi connectivity index (χ3n) is 4.31. The number of carbonyl (C=O) groups is 1. The van der Waals surface area contributed by atoms with E-state index in [-0.39, 0.29) is 5.78 Å². The second-order valence-electron chi connectivity index (χ2n) is 5.61. The molecule has 0 radical (unpaired) electrons. The Kier molecular flexibility index (Phi) is 4.65. The second kappa shape index (κ2) is 6.27. The first-order chi connectivity index (χ1) is 9.52. The smallest absolute Gasteiger partial charge is 0.161 e. The quantitative estimate of drug-likeness (QED) is 0.677. The molecule has 1 fully saturated rings. The van der Waals surface area contributed by atoms with Gasteiger partial charge in [0.2, 0.25) is 0 Å². The van der Waals surface area contributed by atoms with Crippen LogP contribution in [-0.2, 0) is 0 Å². The SMILES string of the molecule is CCC(C)N1CCN(c2ccc(C(C)=O)c(N)c2)CC1. The van der Waals surface area contributed by atoms with Crippen molar-refractivity contribution in [3.63, 3.8) is 0 Å². The molecular weight excluding hydrogens is 250 g/mol. The molecule has 1 aromatic rings. The maximum atomic E-state index is 11.4. The van der Waals surface area contributed by atoms with E-state index in [4.69, 9.17) is 5.73 Å². The lowest BCUT2D eigenvalue weighted by Gasteiger charge is -2.39. The minimum atomic E-state index is 0.0237. The highest BCUT2D eigenvalue weighted by atomic mass is 16.1. The number of carbonyl (C=O) groups excluding carboxylic acids is 1. The van der Waals surface area contributed by atoms with E-state index in [1.54, 1.807) is 6.92 Å². The van der Waals surface area contributed by atoms with Gasteiger partial charge < -0.3 is 10.6 Å². The van der Waals surface area contributed by atoms with Crippen LogP contribution in [0.1, 0.15) is 37.6 Å².